The van der Waals surface area contributed by atoms with Gasteiger partial charge in [-0.25, -0.2) is 0 Å². The molecule has 3 nitrogen and oxygen atoms in total. The maximum Gasteiger partial charge on any atom is 0.385 e. The van der Waals surface area contributed by atoms with E-state index in [9.17, 15) is 0 Å². The van der Waals surface area contributed by atoms with Gasteiger partial charge in [0.05, 0.1) is 6.10 Å². The van der Waals surface area contributed by atoms with Crippen LogP contribution in [-0.4, -0.2) is 6.10 Å². The van der Waals surface area contributed by atoms with Crippen molar-refractivity contribution < 1.29 is 4.74 Å². The van der Waals surface area contributed by atoms with Crippen LogP contribution in [0, 0.1) is 5.39 Å². The lowest BCUT2D eigenvalue weighted by Gasteiger charge is -2.07. The molecule has 0 aliphatic heterocycles. The van der Waals surface area contributed by atoms with Crippen LogP contribution in [0.3, 0.4) is 0 Å². The standard InChI is InChI=1S/C9H11N2O/c1-7(2)12-9-5-3-8(11-10)4-6-9/h3-7H,1-2H3/q+1. The highest BCUT2D eigenvalue weighted by Gasteiger charge is 2.03. The Morgan fingerprint density at radius 3 is 2.25 bits per heavy atom. The van der Waals surface area contributed by atoms with Crippen LogP contribution in [-0.2, 0) is 0 Å². The summed E-state index contributed by atoms with van der Waals surface area (Å²) < 4.78 is 5.39. The molecule has 0 aliphatic carbocycles. The Labute approximate surface area is 71.6 Å². The van der Waals surface area contributed by atoms with Gasteiger partial charge in [0.25, 0.3) is 0 Å². The summed E-state index contributed by atoms with van der Waals surface area (Å²) >= 11 is 0. The van der Waals surface area contributed by atoms with Crippen molar-refractivity contribution in [2.24, 2.45) is 0 Å². The minimum atomic E-state index is 0.168. The van der Waals surface area contributed by atoms with Gasteiger partial charge in [0.2, 0.25) is 5.39 Å². The Hall–Kier alpha value is -1.56. The van der Waals surface area contributed by atoms with Gasteiger partial charge in [0.1, 0.15) is 5.75 Å². The molecule has 0 fully saturated rings. The van der Waals surface area contributed by atoms with Gasteiger partial charge < -0.3 is 4.74 Å². The molecule has 3 heteroatoms. The maximum atomic E-state index is 8.39. The number of rotatable bonds is 2. The number of ether oxygens (including phenoxy) is 1. The maximum absolute atomic E-state index is 8.39. The molecule has 0 unspecified atom stereocenters. The van der Waals surface area contributed by atoms with Crippen molar-refractivity contribution in [2.45, 2.75) is 20.0 Å². The van der Waals surface area contributed by atoms with Crippen LogP contribution in [0.2, 0.25) is 0 Å². The zero-order valence-electron chi connectivity index (χ0n) is 7.19. The summed E-state index contributed by atoms with van der Waals surface area (Å²) in [7, 11) is 0. The SMILES string of the molecule is CC(C)Oc1ccc([N+]#N)cc1. The molecule has 0 N–H and O–H groups in total. The molecule has 0 spiro atoms. The second kappa shape index (κ2) is 3.72. The first-order chi connectivity index (χ1) is 5.72. The summed E-state index contributed by atoms with van der Waals surface area (Å²) in [6.45, 7) is 3.93. The van der Waals surface area contributed by atoms with Crippen molar-refractivity contribution in [3.63, 3.8) is 0 Å². The number of benzene rings is 1. The lowest BCUT2D eigenvalue weighted by Crippen LogP contribution is -2.04. The Balaban J connectivity index is 2.73. The summed E-state index contributed by atoms with van der Waals surface area (Å²) in [6, 6.07) is 6.93. The van der Waals surface area contributed by atoms with E-state index in [2.05, 4.69) is 4.98 Å². The van der Waals surface area contributed by atoms with Gasteiger partial charge in [0, 0.05) is 12.1 Å². The molecule has 0 atom stereocenters. The molecule has 0 aromatic heterocycles. The Morgan fingerprint density at radius 1 is 1.25 bits per heavy atom. The molecule has 1 aromatic carbocycles. The highest BCUT2D eigenvalue weighted by atomic mass is 16.5. The van der Waals surface area contributed by atoms with Gasteiger partial charge >= 0.3 is 5.69 Å². The highest BCUT2D eigenvalue weighted by Crippen LogP contribution is 2.18. The fourth-order valence-electron chi connectivity index (χ4n) is 0.864. The van der Waals surface area contributed by atoms with Crippen molar-refractivity contribution in [3.8, 4) is 5.75 Å². The van der Waals surface area contributed by atoms with Gasteiger partial charge in [-0.3, -0.25) is 0 Å². The Kier molecular flexibility index (Phi) is 2.65. The van der Waals surface area contributed by atoms with E-state index >= 15 is 0 Å². The van der Waals surface area contributed by atoms with Crippen LogP contribution in [0.4, 0.5) is 5.69 Å². The number of diazo groups is 1. The molecule has 0 aliphatic rings. The highest BCUT2D eigenvalue weighted by molar-refractivity contribution is 5.46. The molecule has 0 heterocycles. The van der Waals surface area contributed by atoms with E-state index in [1.165, 1.54) is 0 Å². The fourth-order valence-corrected chi connectivity index (χ4v) is 0.864. The summed E-state index contributed by atoms with van der Waals surface area (Å²) in [5, 5.41) is 8.39. The second-order valence-electron chi connectivity index (χ2n) is 2.76. The molecule has 62 valence electrons. The minimum Gasteiger partial charge on any atom is -0.491 e. The smallest absolute Gasteiger partial charge is 0.385 e. The van der Waals surface area contributed by atoms with Crippen molar-refractivity contribution in [1.82, 2.24) is 0 Å². The lowest BCUT2D eigenvalue weighted by molar-refractivity contribution is 0.242. The summed E-state index contributed by atoms with van der Waals surface area (Å²) in [5.41, 5.74) is 0.533. The molecule has 1 rings (SSSR count). The van der Waals surface area contributed by atoms with Crippen molar-refractivity contribution >= 4 is 5.69 Å². The van der Waals surface area contributed by atoms with E-state index in [0.29, 0.717) is 5.69 Å². The molecule has 0 saturated carbocycles. The normalized spacial score (nSPS) is 9.50. The summed E-state index contributed by atoms with van der Waals surface area (Å²) in [6.07, 6.45) is 0.168. The van der Waals surface area contributed by atoms with E-state index in [1.807, 2.05) is 13.8 Å². The predicted molar refractivity (Wildman–Crippen MR) is 47.0 cm³/mol. The molecule has 0 bridgehead atoms. The topological polar surface area (TPSA) is 37.4 Å². The first kappa shape index (κ1) is 8.54. The van der Waals surface area contributed by atoms with E-state index in [0.717, 1.165) is 5.75 Å². The number of nitrogens with zero attached hydrogens (tertiary/aromatic N) is 2. The van der Waals surface area contributed by atoms with Crippen LogP contribution in [0.25, 0.3) is 4.98 Å². The van der Waals surface area contributed by atoms with E-state index in [-0.39, 0.29) is 6.10 Å². The van der Waals surface area contributed by atoms with Gasteiger partial charge in [-0.05, 0) is 26.0 Å². The largest absolute Gasteiger partial charge is 0.491 e. The van der Waals surface area contributed by atoms with Gasteiger partial charge in [-0.1, -0.05) is 0 Å². The van der Waals surface area contributed by atoms with Gasteiger partial charge in [-0.15, -0.1) is 0 Å². The number of hydrogen-bond donors (Lipinski definition) is 0. The van der Waals surface area contributed by atoms with E-state index in [4.69, 9.17) is 10.1 Å². The van der Waals surface area contributed by atoms with Crippen LogP contribution in [0.15, 0.2) is 24.3 Å². The Morgan fingerprint density at radius 2 is 1.83 bits per heavy atom. The van der Waals surface area contributed by atoms with Crippen molar-refractivity contribution in [2.75, 3.05) is 0 Å². The van der Waals surface area contributed by atoms with Crippen LogP contribution in [0.5, 0.6) is 5.75 Å². The molecular formula is C9H11N2O+. The lowest BCUT2D eigenvalue weighted by atomic mass is 10.3. The van der Waals surface area contributed by atoms with E-state index in [1.54, 1.807) is 24.3 Å². The molecule has 0 radical (unpaired) electrons. The third-order valence-corrected chi connectivity index (χ3v) is 1.32. The van der Waals surface area contributed by atoms with Crippen molar-refractivity contribution in [3.05, 3.63) is 29.2 Å². The summed E-state index contributed by atoms with van der Waals surface area (Å²) in [5.74, 6) is 0.789. The second-order valence-corrected chi connectivity index (χ2v) is 2.76. The summed E-state index contributed by atoms with van der Waals surface area (Å²) in [4.78, 5) is 3.04. The fraction of sp³-hybridized carbons (Fsp3) is 0.333. The third kappa shape index (κ3) is 2.24. The molecule has 12 heavy (non-hydrogen) atoms. The average molecular weight is 163 g/mol. The van der Waals surface area contributed by atoms with Gasteiger partial charge in [0.15, 0.2) is 4.98 Å². The zero-order valence-corrected chi connectivity index (χ0v) is 7.19. The monoisotopic (exact) mass is 163 g/mol. The van der Waals surface area contributed by atoms with Crippen LogP contribution < -0.4 is 4.74 Å². The first-order valence-corrected chi connectivity index (χ1v) is 3.84. The first-order valence-electron chi connectivity index (χ1n) is 3.84. The minimum absolute atomic E-state index is 0.168. The molecule has 0 saturated heterocycles. The zero-order chi connectivity index (χ0) is 8.97. The van der Waals surface area contributed by atoms with Crippen LogP contribution >= 0.6 is 0 Å². The molecule has 1 aromatic rings. The predicted octanol–water partition coefficient (Wildman–Crippen LogP) is 2.96. The third-order valence-electron chi connectivity index (χ3n) is 1.32. The number of hydrogen-bond acceptors (Lipinski definition) is 2. The van der Waals surface area contributed by atoms with E-state index < -0.39 is 0 Å². The molecular weight excluding hydrogens is 152 g/mol. The van der Waals surface area contributed by atoms with Gasteiger partial charge in [-0.2, -0.15) is 0 Å². The van der Waals surface area contributed by atoms with Crippen LogP contribution in [0.1, 0.15) is 13.8 Å². The quantitative estimate of drug-likeness (QED) is 0.628. The molecule has 0 amide bonds. The Bertz CT molecular complexity index is 284. The van der Waals surface area contributed by atoms with Crippen molar-refractivity contribution in [1.29, 1.82) is 5.39 Å². The average Bonchev–Trinajstić information content (AvgIpc) is 2.05.